The second-order valence-electron chi connectivity index (χ2n) is 10.6. The first-order valence-electron chi connectivity index (χ1n) is 14.5. The molecule has 5 aromatic rings. The molecule has 0 aliphatic rings. The summed E-state index contributed by atoms with van der Waals surface area (Å²) in [5, 5.41) is 4.14. The topological polar surface area (TPSA) is 41.6 Å². The smallest absolute Gasteiger partial charge is 0.219 e. The fourth-order valence-electron chi connectivity index (χ4n) is 5.79. The molecule has 42 heavy (non-hydrogen) atoms. The van der Waals surface area contributed by atoms with Gasteiger partial charge < -0.3 is 9.64 Å². The van der Waals surface area contributed by atoms with Crippen LogP contribution >= 0.6 is 0 Å². The summed E-state index contributed by atoms with van der Waals surface area (Å²) in [5.41, 5.74) is 4.95. The Morgan fingerprint density at radius 3 is 1.62 bits per heavy atom. The quantitative estimate of drug-likeness (QED) is 0.165. The summed E-state index contributed by atoms with van der Waals surface area (Å²) in [4.78, 5) is 15.1. The van der Waals surface area contributed by atoms with E-state index >= 15 is 0 Å². The molecule has 0 heterocycles. The van der Waals surface area contributed by atoms with Crippen molar-refractivity contribution in [3.63, 3.8) is 0 Å². The van der Waals surface area contributed by atoms with E-state index in [-0.39, 0.29) is 11.9 Å². The number of hydrogen-bond acceptors (Lipinski definition) is 3. The van der Waals surface area contributed by atoms with E-state index in [2.05, 4.69) is 121 Å². The Morgan fingerprint density at radius 2 is 1.14 bits per heavy atom. The zero-order chi connectivity index (χ0) is 29.2. The number of benzene rings is 5. The highest BCUT2D eigenvalue weighted by Gasteiger charge is 2.38. The molecule has 0 fully saturated rings. The molecule has 0 saturated heterocycles. The van der Waals surface area contributed by atoms with Crippen molar-refractivity contribution in [1.82, 2.24) is 10.2 Å². The molecule has 1 N–H and O–H groups in total. The van der Waals surface area contributed by atoms with Crippen LogP contribution in [0.5, 0.6) is 5.75 Å². The predicted octanol–water partition coefficient (Wildman–Crippen LogP) is 7.24. The Kier molecular flexibility index (Phi) is 9.48. The maximum absolute atomic E-state index is 13.2. The number of rotatable bonds is 12. The minimum atomic E-state index is -0.657. The standard InChI is InChI=1S/C38H38N2O2/c1-30(41)40(28-32-19-15-16-26-37(32)42-2)29-36(27-31-17-7-3-8-18-31)39-38(33-20-9-4-10-21-33,34-22-11-5-12-23-34)35-24-13-6-14-25-35/h3-26,36,39H,27-29H2,1-2H3. The highest BCUT2D eigenvalue weighted by Crippen LogP contribution is 2.37. The second-order valence-corrected chi connectivity index (χ2v) is 10.6. The van der Waals surface area contributed by atoms with Gasteiger partial charge in [-0.1, -0.05) is 140 Å². The third-order valence-corrected chi connectivity index (χ3v) is 7.81. The number of nitrogens with one attached hydrogen (secondary N) is 1. The van der Waals surface area contributed by atoms with Crippen molar-refractivity contribution in [2.45, 2.75) is 31.5 Å². The lowest BCUT2D eigenvalue weighted by Crippen LogP contribution is -2.54. The summed E-state index contributed by atoms with van der Waals surface area (Å²) in [7, 11) is 1.67. The number of nitrogens with zero attached hydrogens (tertiary/aromatic N) is 1. The van der Waals surface area contributed by atoms with E-state index in [9.17, 15) is 4.79 Å². The number of ether oxygens (including phenoxy) is 1. The molecule has 0 saturated carbocycles. The third kappa shape index (κ3) is 6.62. The summed E-state index contributed by atoms with van der Waals surface area (Å²) < 4.78 is 5.63. The van der Waals surface area contributed by atoms with Gasteiger partial charge in [0, 0.05) is 31.6 Å². The molecule has 1 atom stereocenters. The first-order valence-corrected chi connectivity index (χ1v) is 14.5. The lowest BCUT2D eigenvalue weighted by atomic mass is 9.76. The van der Waals surface area contributed by atoms with Crippen LogP contribution in [0.3, 0.4) is 0 Å². The molecule has 5 rings (SSSR count). The van der Waals surface area contributed by atoms with Crippen molar-refractivity contribution in [2.24, 2.45) is 0 Å². The predicted molar refractivity (Wildman–Crippen MR) is 170 cm³/mol. The summed E-state index contributed by atoms with van der Waals surface area (Å²) >= 11 is 0. The van der Waals surface area contributed by atoms with Gasteiger partial charge in [-0.05, 0) is 34.7 Å². The largest absolute Gasteiger partial charge is 0.496 e. The van der Waals surface area contributed by atoms with Gasteiger partial charge in [-0.15, -0.1) is 0 Å². The highest BCUT2D eigenvalue weighted by molar-refractivity contribution is 5.73. The van der Waals surface area contributed by atoms with Crippen molar-refractivity contribution in [2.75, 3.05) is 13.7 Å². The van der Waals surface area contributed by atoms with Gasteiger partial charge >= 0.3 is 0 Å². The molecular weight excluding hydrogens is 516 g/mol. The maximum Gasteiger partial charge on any atom is 0.219 e. The van der Waals surface area contributed by atoms with Crippen molar-refractivity contribution >= 4 is 5.91 Å². The molecule has 5 aromatic carbocycles. The lowest BCUT2D eigenvalue weighted by molar-refractivity contribution is -0.129. The lowest BCUT2D eigenvalue weighted by Gasteiger charge is -2.41. The van der Waals surface area contributed by atoms with E-state index in [0.29, 0.717) is 13.1 Å². The Balaban J connectivity index is 1.62. The van der Waals surface area contributed by atoms with Crippen molar-refractivity contribution in [3.8, 4) is 5.75 Å². The van der Waals surface area contributed by atoms with E-state index in [0.717, 1.165) is 34.4 Å². The maximum atomic E-state index is 13.2. The second kappa shape index (κ2) is 13.8. The van der Waals surface area contributed by atoms with E-state index in [4.69, 9.17) is 4.74 Å². The molecule has 0 aromatic heterocycles. The average molecular weight is 555 g/mol. The van der Waals surface area contributed by atoms with Gasteiger partial charge in [-0.2, -0.15) is 0 Å². The first-order chi connectivity index (χ1) is 20.6. The zero-order valence-electron chi connectivity index (χ0n) is 24.3. The Hall–Kier alpha value is -4.67. The van der Waals surface area contributed by atoms with E-state index in [1.165, 1.54) is 5.56 Å². The van der Waals surface area contributed by atoms with Crippen LogP contribution in [0, 0.1) is 0 Å². The number of para-hydroxylation sites is 1. The summed E-state index contributed by atoms with van der Waals surface area (Å²) in [6, 6.07) is 50.1. The highest BCUT2D eigenvalue weighted by atomic mass is 16.5. The number of carbonyl (C=O) groups is 1. The van der Waals surface area contributed by atoms with E-state index in [1.807, 2.05) is 35.2 Å². The molecular formula is C38H38N2O2. The van der Waals surface area contributed by atoms with Crippen LogP contribution in [-0.2, 0) is 23.3 Å². The van der Waals surface area contributed by atoms with Crippen molar-refractivity contribution in [3.05, 3.63) is 173 Å². The van der Waals surface area contributed by atoms with Gasteiger partial charge in [0.15, 0.2) is 0 Å². The third-order valence-electron chi connectivity index (χ3n) is 7.81. The molecule has 1 amide bonds. The SMILES string of the molecule is COc1ccccc1CN(CC(Cc1ccccc1)NC(c1ccccc1)(c1ccccc1)c1ccccc1)C(C)=O. The van der Waals surface area contributed by atoms with Crippen LogP contribution in [0.2, 0.25) is 0 Å². The minimum Gasteiger partial charge on any atom is -0.496 e. The summed E-state index contributed by atoms with van der Waals surface area (Å²) in [5.74, 6) is 0.800. The normalized spacial score (nSPS) is 12.0. The average Bonchev–Trinajstić information content (AvgIpc) is 3.05. The molecule has 212 valence electrons. The zero-order valence-corrected chi connectivity index (χ0v) is 24.3. The van der Waals surface area contributed by atoms with Crippen molar-refractivity contribution < 1.29 is 9.53 Å². The van der Waals surface area contributed by atoms with E-state index in [1.54, 1.807) is 14.0 Å². The summed E-state index contributed by atoms with van der Waals surface area (Å²) in [6.45, 7) is 2.62. The van der Waals surface area contributed by atoms with Crippen molar-refractivity contribution in [1.29, 1.82) is 0 Å². The molecule has 0 spiro atoms. The van der Waals surface area contributed by atoms with Crippen LogP contribution in [0.15, 0.2) is 146 Å². The molecule has 4 heteroatoms. The minimum absolute atomic E-state index is 0.0190. The monoisotopic (exact) mass is 554 g/mol. The number of methoxy groups -OCH3 is 1. The Bertz CT molecular complexity index is 1440. The van der Waals surface area contributed by atoms with Gasteiger partial charge in [0.05, 0.1) is 12.6 Å². The van der Waals surface area contributed by atoms with Crippen LogP contribution in [0.4, 0.5) is 0 Å². The first kappa shape index (κ1) is 28.8. The number of amides is 1. The van der Waals surface area contributed by atoms with Crippen LogP contribution in [0.25, 0.3) is 0 Å². The molecule has 0 radical (unpaired) electrons. The molecule has 0 aliphatic carbocycles. The van der Waals surface area contributed by atoms with Crippen LogP contribution in [0.1, 0.15) is 34.7 Å². The van der Waals surface area contributed by atoms with Crippen LogP contribution in [-0.4, -0.2) is 30.5 Å². The van der Waals surface area contributed by atoms with Crippen LogP contribution < -0.4 is 10.1 Å². The summed E-state index contributed by atoms with van der Waals surface area (Å²) in [6.07, 6.45) is 0.741. The molecule has 0 bridgehead atoms. The van der Waals surface area contributed by atoms with Gasteiger partial charge in [0.1, 0.15) is 5.75 Å². The fraction of sp³-hybridized carbons (Fsp3) is 0.184. The van der Waals surface area contributed by atoms with Gasteiger partial charge in [0.2, 0.25) is 5.91 Å². The van der Waals surface area contributed by atoms with E-state index < -0.39 is 5.54 Å². The molecule has 1 unspecified atom stereocenters. The Morgan fingerprint density at radius 1 is 0.690 bits per heavy atom. The molecule has 4 nitrogen and oxygen atoms in total. The Labute approximate surface area is 249 Å². The molecule has 0 aliphatic heterocycles. The number of carbonyl (C=O) groups excluding carboxylic acids is 1. The van der Waals surface area contributed by atoms with Gasteiger partial charge in [0.25, 0.3) is 0 Å². The van der Waals surface area contributed by atoms with Gasteiger partial charge in [-0.3, -0.25) is 10.1 Å². The number of hydrogen-bond donors (Lipinski definition) is 1. The fourth-order valence-corrected chi connectivity index (χ4v) is 5.79. The van der Waals surface area contributed by atoms with Gasteiger partial charge in [-0.25, -0.2) is 0 Å².